The Kier molecular flexibility index (Phi) is 4.99. The van der Waals surface area contributed by atoms with Gasteiger partial charge < -0.3 is 19.0 Å². The maximum atomic E-state index is 13.6. The first-order valence-electron chi connectivity index (χ1n) is 9.42. The molecule has 7 nitrogen and oxygen atoms in total. The summed E-state index contributed by atoms with van der Waals surface area (Å²) in [6.45, 7) is 2.41. The molecular formula is C22H20FN3O4. The Balaban J connectivity index is 1.88. The van der Waals surface area contributed by atoms with Crippen LogP contribution in [0.3, 0.4) is 0 Å². The SMILES string of the molecule is Cc1cc(F)ccc1-c1cc(Cn2ccn(C)c2=NC(=O)O)cc2c1OCCC2=O. The van der Waals surface area contributed by atoms with Gasteiger partial charge >= 0.3 is 6.09 Å². The highest BCUT2D eigenvalue weighted by Gasteiger charge is 2.24. The fraction of sp³-hybridized carbons (Fsp3) is 0.227. The number of aromatic nitrogens is 2. The van der Waals surface area contributed by atoms with E-state index in [1.807, 2.05) is 6.07 Å². The van der Waals surface area contributed by atoms with Crippen molar-refractivity contribution in [1.82, 2.24) is 9.13 Å². The van der Waals surface area contributed by atoms with Gasteiger partial charge in [0.15, 0.2) is 5.78 Å². The molecule has 8 heteroatoms. The Labute approximate surface area is 171 Å². The number of amides is 1. The van der Waals surface area contributed by atoms with Crippen LogP contribution in [0.2, 0.25) is 0 Å². The second-order valence-corrected chi connectivity index (χ2v) is 7.23. The second kappa shape index (κ2) is 7.62. The van der Waals surface area contributed by atoms with Crippen LogP contribution in [0.4, 0.5) is 9.18 Å². The van der Waals surface area contributed by atoms with Crippen molar-refractivity contribution < 1.29 is 23.8 Å². The minimum absolute atomic E-state index is 0.0207. The van der Waals surface area contributed by atoms with E-state index in [1.165, 1.54) is 12.1 Å². The van der Waals surface area contributed by atoms with E-state index in [1.54, 1.807) is 47.6 Å². The molecule has 0 fully saturated rings. The topological polar surface area (TPSA) is 85.8 Å². The molecule has 1 amide bonds. The number of halogens is 1. The lowest BCUT2D eigenvalue weighted by atomic mass is 9.92. The first-order chi connectivity index (χ1) is 14.3. The van der Waals surface area contributed by atoms with Gasteiger partial charge in [0, 0.05) is 31.4 Å². The summed E-state index contributed by atoms with van der Waals surface area (Å²) in [6, 6.07) is 8.15. The number of ketones is 1. The smallest absolute Gasteiger partial charge is 0.434 e. The van der Waals surface area contributed by atoms with Crippen molar-refractivity contribution in [2.45, 2.75) is 19.9 Å². The van der Waals surface area contributed by atoms with Crippen molar-refractivity contribution >= 4 is 11.9 Å². The van der Waals surface area contributed by atoms with Gasteiger partial charge in [0.1, 0.15) is 11.6 Å². The van der Waals surface area contributed by atoms with Crippen molar-refractivity contribution in [3.63, 3.8) is 0 Å². The van der Waals surface area contributed by atoms with Crippen molar-refractivity contribution in [3.8, 4) is 16.9 Å². The van der Waals surface area contributed by atoms with Crippen LogP contribution < -0.4 is 10.4 Å². The van der Waals surface area contributed by atoms with E-state index in [2.05, 4.69) is 4.99 Å². The fourth-order valence-corrected chi connectivity index (χ4v) is 3.72. The maximum absolute atomic E-state index is 13.6. The lowest BCUT2D eigenvalue weighted by molar-refractivity contribution is 0.0933. The molecule has 30 heavy (non-hydrogen) atoms. The van der Waals surface area contributed by atoms with E-state index >= 15 is 0 Å². The Bertz CT molecular complexity index is 1240. The number of imidazole rings is 1. The molecule has 0 saturated carbocycles. The van der Waals surface area contributed by atoms with Crippen LogP contribution in [-0.4, -0.2) is 32.7 Å². The average molecular weight is 409 g/mol. The molecule has 0 unspecified atom stereocenters. The van der Waals surface area contributed by atoms with Crippen molar-refractivity contribution in [2.24, 2.45) is 12.0 Å². The number of ether oxygens (including phenoxy) is 1. The minimum atomic E-state index is -1.29. The Hall–Kier alpha value is -3.68. The number of aryl methyl sites for hydroxylation is 2. The molecule has 2 heterocycles. The third-order valence-corrected chi connectivity index (χ3v) is 5.09. The number of Topliss-reactive ketones (excluding diaryl/α,β-unsaturated/α-hetero) is 1. The van der Waals surface area contributed by atoms with Crippen LogP contribution in [0.15, 0.2) is 47.7 Å². The summed E-state index contributed by atoms with van der Waals surface area (Å²) in [5.41, 5.74) is 3.74. The zero-order valence-corrected chi connectivity index (χ0v) is 16.6. The molecule has 2 aromatic carbocycles. The van der Waals surface area contributed by atoms with E-state index in [9.17, 15) is 14.0 Å². The van der Waals surface area contributed by atoms with Gasteiger partial charge in [-0.3, -0.25) is 4.79 Å². The fourth-order valence-electron chi connectivity index (χ4n) is 3.72. The number of rotatable bonds is 3. The van der Waals surface area contributed by atoms with Crippen LogP contribution in [-0.2, 0) is 13.6 Å². The first-order valence-corrected chi connectivity index (χ1v) is 9.42. The van der Waals surface area contributed by atoms with Gasteiger partial charge in [-0.05, 0) is 47.9 Å². The van der Waals surface area contributed by atoms with Gasteiger partial charge in [-0.25, -0.2) is 9.18 Å². The number of benzene rings is 2. The minimum Gasteiger partial charge on any atom is -0.492 e. The third-order valence-electron chi connectivity index (χ3n) is 5.09. The molecule has 0 atom stereocenters. The quantitative estimate of drug-likeness (QED) is 0.717. The number of hydrogen-bond acceptors (Lipinski definition) is 3. The van der Waals surface area contributed by atoms with Gasteiger partial charge in [0.2, 0.25) is 5.62 Å². The first kappa shape index (κ1) is 19.6. The monoisotopic (exact) mass is 409 g/mol. The number of fused-ring (bicyclic) bond motifs is 1. The Morgan fingerprint density at radius 2 is 1.97 bits per heavy atom. The molecule has 0 spiro atoms. The Morgan fingerprint density at radius 3 is 2.70 bits per heavy atom. The van der Waals surface area contributed by atoms with Crippen LogP contribution in [0.1, 0.15) is 27.9 Å². The third kappa shape index (κ3) is 3.63. The van der Waals surface area contributed by atoms with Gasteiger partial charge in [0.25, 0.3) is 0 Å². The summed E-state index contributed by atoms with van der Waals surface area (Å²) in [5.74, 6) is 0.142. The molecule has 0 saturated heterocycles. The molecular weight excluding hydrogens is 389 g/mol. The molecule has 0 bridgehead atoms. The summed E-state index contributed by atoms with van der Waals surface area (Å²) in [7, 11) is 1.70. The summed E-state index contributed by atoms with van der Waals surface area (Å²) in [4.78, 5) is 27.3. The number of carbonyl (C=O) groups is 2. The van der Waals surface area contributed by atoms with Crippen molar-refractivity contribution in [3.05, 3.63) is 70.9 Å². The lowest BCUT2D eigenvalue weighted by Crippen LogP contribution is -2.26. The largest absolute Gasteiger partial charge is 0.492 e. The van der Waals surface area contributed by atoms with E-state index in [-0.39, 0.29) is 23.6 Å². The number of carbonyl (C=O) groups excluding carboxylic acids is 1. The summed E-state index contributed by atoms with van der Waals surface area (Å²) in [6.07, 6.45) is 2.43. The highest BCUT2D eigenvalue weighted by molar-refractivity contribution is 6.02. The molecule has 1 aliphatic heterocycles. The van der Waals surface area contributed by atoms with Gasteiger partial charge in [-0.15, -0.1) is 4.99 Å². The standard InChI is InChI=1S/C22H20FN3O4/c1-13-9-15(23)3-4-16(13)17-10-14(11-18-19(27)5-8-30-20(17)18)12-26-7-6-25(2)21(26)24-22(28)29/h3-4,6-7,9-11H,5,8,12H2,1-2H3,(H,28,29). The van der Waals surface area contributed by atoms with Gasteiger partial charge in [0.05, 0.1) is 18.7 Å². The molecule has 1 aliphatic rings. The maximum Gasteiger partial charge on any atom is 0.434 e. The molecule has 0 radical (unpaired) electrons. The lowest BCUT2D eigenvalue weighted by Gasteiger charge is -2.22. The van der Waals surface area contributed by atoms with Gasteiger partial charge in [-0.2, -0.15) is 0 Å². The number of carboxylic acid groups (broad SMARTS) is 1. The molecule has 1 N–H and O–H groups in total. The molecule has 1 aromatic heterocycles. The van der Waals surface area contributed by atoms with Crippen LogP contribution >= 0.6 is 0 Å². The average Bonchev–Trinajstić information content (AvgIpc) is 3.01. The molecule has 3 aromatic rings. The van der Waals surface area contributed by atoms with Crippen molar-refractivity contribution in [2.75, 3.05) is 6.61 Å². The summed E-state index contributed by atoms with van der Waals surface area (Å²) >= 11 is 0. The van der Waals surface area contributed by atoms with Gasteiger partial charge in [-0.1, -0.05) is 6.07 Å². The van der Waals surface area contributed by atoms with Crippen molar-refractivity contribution in [1.29, 1.82) is 0 Å². The highest BCUT2D eigenvalue weighted by atomic mass is 19.1. The molecule has 0 aliphatic carbocycles. The number of nitrogens with zero attached hydrogens (tertiary/aromatic N) is 3. The predicted octanol–water partition coefficient (Wildman–Crippen LogP) is 3.53. The van der Waals surface area contributed by atoms with Crippen LogP contribution in [0.5, 0.6) is 5.75 Å². The normalized spacial score (nSPS) is 13.8. The van der Waals surface area contributed by atoms with Crippen LogP contribution in [0.25, 0.3) is 11.1 Å². The van der Waals surface area contributed by atoms with Crippen LogP contribution in [0, 0.1) is 12.7 Å². The van der Waals surface area contributed by atoms with E-state index in [0.717, 1.165) is 16.7 Å². The predicted molar refractivity (Wildman–Crippen MR) is 107 cm³/mol. The molecule has 154 valence electrons. The molecule has 4 rings (SSSR count). The highest BCUT2D eigenvalue weighted by Crippen LogP contribution is 2.39. The zero-order valence-electron chi connectivity index (χ0n) is 16.6. The summed E-state index contributed by atoms with van der Waals surface area (Å²) < 4.78 is 22.8. The van der Waals surface area contributed by atoms with E-state index < -0.39 is 6.09 Å². The number of hydrogen-bond donors (Lipinski definition) is 1. The van der Waals surface area contributed by atoms with E-state index in [0.29, 0.717) is 30.0 Å². The second-order valence-electron chi connectivity index (χ2n) is 7.23. The van der Waals surface area contributed by atoms with E-state index in [4.69, 9.17) is 9.84 Å². The summed E-state index contributed by atoms with van der Waals surface area (Å²) in [5, 5.41) is 9.05. The zero-order chi connectivity index (χ0) is 21.4. The Morgan fingerprint density at radius 1 is 1.20 bits per heavy atom.